The third kappa shape index (κ3) is 5.53. The molecule has 6 nitrogen and oxygen atoms in total. The Kier molecular flexibility index (Phi) is 7.39. The van der Waals surface area contributed by atoms with Crippen molar-refractivity contribution in [2.45, 2.75) is 84.0 Å². The highest BCUT2D eigenvalue weighted by Gasteiger charge is 2.57. The minimum atomic E-state index is -3.06. The van der Waals surface area contributed by atoms with Gasteiger partial charge in [-0.25, -0.2) is 13.6 Å². The molecule has 26 heavy (non-hydrogen) atoms. The van der Waals surface area contributed by atoms with E-state index in [2.05, 4.69) is 4.74 Å². The Morgan fingerprint density at radius 1 is 1.35 bits per heavy atom. The summed E-state index contributed by atoms with van der Waals surface area (Å²) in [4.78, 5) is 26.5. The Labute approximate surface area is 154 Å². The van der Waals surface area contributed by atoms with Gasteiger partial charge in [-0.05, 0) is 47.6 Å². The van der Waals surface area contributed by atoms with Crippen LogP contribution in [0.2, 0.25) is 0 Å². The Bertz CT molecular complexity index is 508. The number of hydrogen-bond acceptors (Lipinski definition) is 5. The smallest absolute Gasteiger partial charge is 0.410 e. The summed E-state index contributed by atoms with van der Waals surface area (Å²) in [7, 11) is 1.30. The molecule has 0 saturated carbocycles. The topological polar surface area (TPSA) is 59.1 Å². The largest absolute Gasteiger partial charge is 0.469 e. The van der Waals surface area contributed by atoms with Crippen LogP contribution in [0.4, 0.5) is 13.6 Å². The van der Waals surface area contributed by atoms with Crippen LogP contribution in [-0.4, -0.2) is 71.7 Å². The number of rotatable bonds is 6. The highest BCUT2D eigenvalue weighted by molar-refractivity contribution is 5.69. The highest BCUT2D eigenvalue weighted by atomic mass is 19.3. The lowest BCUT2D eigenvalue weighted by Gasteiger charge is -2.38. The number of hydrogen-bond donors (Lipinski definition) is 0. The van der Waals surface area contributed by atoms with Crippen LogP contribution in [-0.2, 0) is 14.3 Å². The third-order valence-corrected chi connectivity index (χ3v) is 4.67. The van der Waals surface area contributed by atoms with Crippen molar-refractivity contribution in [1.29, 1.82) is 0 Å². The first-order valence-electron chi connectivity index (χ1n) is 9.04. The van der Waals surface area contributed by atoms with Crippen molar-refractivity contribution >= 4 is 12.1 Å². The second-order valence-corrected chi connectivity index (χ2v) is 7.85. The van der Waals surface area contributed by atoms with Gasteiger partial charge in [0.15, 0.2) is 0 Å². The molecule has 0 unspecified atom stereocenters. The monoisotopic (exact) mass is 378 g/mol. The van der Waals surface area contributed by atoms with Crippen LogP contribution < -0.4 is 0 Å². The quantitative estimate of drug-likeness (QED) is 0.664. The summed E-state index contributed by atoms with van der Waals surface area (Å²) in [5.41, 5.74) is -0.748. The van der Waals surface area contributed by atoms with Gasteiger partial charge >= 0.3 is 12.1 Å². The van der Waals surface area contributed by atoms with Crippen LogP contribution in [0.25, 0.3) is 0 Å². The molecule has 0 N–H and O–H groups in total. The summed E-state index contributed by atoms with van der Waals surface area (Å²) in [6, 6.07) is -2.09. The van der Waals surface area contributed by atoms with Gasteiger partial charge in [0.25, 0.3) is 5.92 Å². The fourth-order valence-electron chi connectivity index (χ4n) is 3.44. The van der Waals surface area contributed by atoms with Crippen molar-refractivity contribution < 1.29 is 27.8 Å². The number of carbonyl (C=O) groups is 2. The number of halogens is 2. The molecule has 1 amide bonds. The predicted octanol–water partition coefficient (Wildman–Crippen LogP) is 3.29. The molecule has 152 valence electrons. The lowest BCUT2D eigenvalue weighted by Crippen LogP contribution is -2.54. The van der Waals surface area contributed by atoms with E-state index in [1.807, 2.05) is 6.92 Å². The van der Waals surface area contributed by atoms with Crippen molar-refractivity contribution in [1.82, 2.24) is 9.80 Å². The maximum Gasteiger partial charge on any atom is 0.410 e. The lowest BCUT2D eigenvalue weighted by atomic mass is 10.0. The minimum absolute atomic E-state index is 0.163. The maximum absolute atomic E-state index is 14.8. The van der Waals surface area contributed by atoms with E-state index in [4.69, 9.17) is 4.74 Å². The zero-order valence-electron chi connectivity index (χ0n) is 16.8. The molecule has 3 atom stereocenters. The van der Waals surface area contributed by atoms with Crippen molar-refractivity contribution in [2.75, 3.05) is 20.2 Å². The average Bonchev–Trinajstić information content (AvgIpc) is 2.75. The van der Waals surface area contributed by atoms with Crippen LogP contribution in [0.1, 0.15) is 54.4 Å². The molecule has 0 aromatic heterocycles. The van der Waals surface area contributed by atoms with E-state index in [1.54, 1.807) is 39.5 Å². The van der Waals surface area contributed by atoms with E-state index >= 15 is 0 Å². The first-order chi connectivity index (χ1) is 11.8. The SMILES string of the molecule is CCN([C@H](C)CCC(=O)OC)[C@@H]1[C@H](C)N(C(=O)OC(C)(C)C)CC1(F)F. The molecule has 1 aliphatic heterocycles. The van der Waals surface area contributed by atoms with Gasteiger partial charge in [-0.1, -0.05) is 6.92 Å². The molecule has 1 heterocycles. The number of ether oxygens (including phenoxy) is 2. The Morgan fingerprint density at radius 3 is 2.38 bits per heavy atom. The summed E-state index contributed by atoms with van der Waals surface area (Å²) in [5, 5.41) is 0. The van der Waals surface area contributed by atoms with E-state index < -0.39 is 36.2 Å². The first kappa shape index (κ1) is 22.6. The zero-order valence-corrected chi connectivity index (χ0v) is 16.8. The Hall–Kier alpha value is -1.44. The summed E-state index contributed by atoms with van der Waals surface area (Å²) in [6.07, 6.45) is -0.159. The fourth-order valence-corrected chi connectivity index (χ4v) is 3.44. The number of carbonyl (C=O) groups excluding carboxylic acids is 2. The number of amides is 1. The lowest BCUT2D eigenvalue weighted by molar-refractivity contribution is -0.141. The second kappa shape index (κ2) is 8.50. The second-order valence-electron chi connectivity index (χ2n) is 7.85. The van der Waals surface area contributed by atoms with Crippen molar-refractivity contribution in [2.24, 2.45) is 0 Å². The number of nitrogens with zero attached hydrogens (tertiary/aromatic N) is 2. The summed E-state index contributed by atoms with van der Waals surface area (Å²) in [6.45, 7) is 10.0. The van der Waals surface area contributed by atoms with Crippen molar-refractivity contribution in [3.8, 4) is 0 Å². The number of alkyl halides is 2. The molecule has 0 radical (unpaired) electrons. The molecule has 0 aromatic rings. The molecule has 1 rings (SSSR count). The van der Waals surface area contributed by atoms with Gasteiger partial charge in [-0.3, -0.25) is 14.6 Å². The van der Waals surface area contributed by atoms with Crippen LogP contribution in [0.3, 0.4) is 0 Å². The van der Waals surface area contributed by atoms with E-state index in [1.165, 1.54) is 7.11 Å². The van der Waals surface area contributed by atoms with Crippen molar-refractivity contribution in [3.05, 3.63) is 0 Å². The Morgan fingerprint density at radius 2 is 1.92 bits per heavy atom. The summed E-state index contributed by atoms with van der Waals surface area (Å²) in [5.74, 6) is -3.43. The number of likely N-dealkylation sites (N-methyl/N-ethyl adjacent to an activating group) is 1. The molecule has 1 saturated heterocycles. The van der Waals surface area contributed by atoms with Gasteiger partial charge in [-0.15, -0.1) is 0 Å². The molecule has 1 aliphatic rings. The summed E-state index contributed by atoms with van der Waals surface area (Å²) >= 11 is 0. The van der Waals surface area contributed by atoms with Gasteiger partial charge < -0.3 is 9.47 Å². The standard InChI is InChI=1S/C18H32F2N2O4/c1-8-21(12(2)9-10-14(23)25-7)15-13(3)22(11-18(15,19)20)16(24)26-17(4,5)6/h12-13,15H,8-11H2,1-7H3/t12-,13+,15-/m1/s1. The van der Waals surface area contributed by atoms with Crippen LogP contribution >= 0.6 is 0 Å². The molecule has 0 bridgehead atoms. The number of likely N-dealkylation sites (tertiary alicyclic amines) is 1. The predicted molar refractivity (Wildman–Crippen MR) is 94.2 cm³/mol. The van der Waals surface area contributed by atoms with Crippen LogP contribution in [0, 0.1) is 0 Å². The zero-order chi connectivity index (χ0) is 20.3. The summed E-state index contributed by atoms with van der Waals surface area (Å²) < 4.78 is 39.5. The first-order valence-corrected chi connectivity index (χ1v) is 9.04. The Balaban J connectivity index is 2.94. The molecular weight excluding hydrogens is 346 g/mol. The van der Waals surface area contributed by atoms with Crippen LogP contribution in [0.15, 0.2) is 0 Å². The van der Waals surface area contributed by atoms with E-state index in [0.717, 1.165) is 4.90 Å². The molecule has 0 spiro atoms. The van der Waals surface area contributed by atoms with E-state index in [0.29, 0.717) is 13.0 Å². The molecule has 0 aromatic carbocycles. The normalized spacial score (nSPS) is 23.8. The van der Waals surface area contributed by atoms with Crippen molar-refractivity contribution in [3.63, 3.8) is 0 Å². The molecular formula is C18H32F2N2O4. The van der Waals surface area contributed by atoms with E-state index in [9.17, 15) is 18.4 Å². The highest BCUT2D eigenvalue weighted by Crippen LogP contribution is 2.38. The van der Waals surface area contributed by atoms with Gasteiger partial charge in [-0.2, -0.15) is 0 Å². The molecule has 1 fully saturated rings. The van der Waals surface area contributed by atoms with E-state index in [-0.39, 0.29) is 18.4 Å². The number of esters is 1. The molecule has 0 aliphatic carbocycles. The average molecular weight is 378 g/mol. The maximum atomic E-state index is 14.8. The fraction of sp³-hybridized carbons (Fsp3) is 0.889. The van der Waals surface area contributed by atoms with Gasteiger partial charge in [0.2, 0.25) is 0 Å². The number of methoxy groups -OCH3 is 1. The van der Waals surface area contributed by atoms with Gasteiger partial charge in [0.05, 0.1) is 25.7 Å². The van der Waals surface area contributed by atoms with Crippen LogP contribution in [0.5, 0.6) is 0 Å². The van der Waals surface area contributed by atoms with Gasteiger partial charge in [0, 0.05) is 12.5 Å². The third-order valence-electron chi connectivity index (χ3n) is 4.67. The molecule has 8 heteroatoms. The van der Waals surface area contributed by atoms with Gasteiger partial charge in [0.1, 0.15) is 5.60 Å². The minimum Gasteiger partial charge on any atom is -0.469 e.